The van der Waals surface area contributed by atoms with Crippen molar-refractivity contribution in [3.05, 3.63) is 47.4 Å². The number of ether oxygens (including phenoxy) is 1. The van der Waals surface area contributed by atoms with E-state index in [9.17, 15) is 9.18 Å². The van der Waals surface area contributed by atoms with E-state index in [2.05, 4.69) is 10.4 Å². The number of nitrogens with zero attached hydrogens (tertiary/aromatic N) is 3. The van der Waals surface area contributed by atoms with Crippen molar-refractivity contribution in [1.29, 1.82) is 0 Å². The number of benzene rings is 1. The van der Waals surface area contributed by atoms with Gasteiger partial charge < -0.3 is 10.1 Å². The Kier molecular flexibility index (Phi) is 6.83. The van der Waals surface area contributed by atoms with Crippen LogP contribution >= 0.6 is 11.3 Å². The topological polar surface area (TPSA) is 69.0 Å². The van der Waals surface area contributed by atoms with Crippen LogP contribution in [0.25, 0.3) is 21.8 Å². The number of carbonyl (C=O) groups is 1. The quantitative estimate of drug-likeness (QED) is 0.520. The van der Waals surface area contributed by atoms with Gasteiger partial charge in [-0.3, -0.25) is 9.48 Å². The van der Waals surface area contributed by atoms with Crippen LogP contribution in [0.4, 0.5) is 4.39 Å². The highest BCUT2D eigenvalue weighted by atomic mass is 32.1. The van der Waals surface area contributed by atoms with Crippen LogP contribution in [-0.2, 0) is 22.5 Å². The van der Waals surface area contributed by atoms with Crippen molar-refractivity contribution in [1.82, 2.24) is 20.1 Å². The maximum atomic E-state index is 13.6. The lowest BCUT2D eigenvalue weighted by molar-refractivity contribution is -0.120. The average Bonchev–Trinajstić information content (AvgIpc) is 3.43. The van der Waals surface area contributed by atoms with Gasteiger partial charge in [0, 0.05) is 37.2 Å². The SMILES string of the molecule is O=C(Cc1csc(-c2cnn(CC3CCC3)c2-c2ccc(F)cc2)n1)NCC1CCOCC1. The summed E-state index contributed by atoms with van der Waals surface area (Å²) in [7, 11) is 0. The summed E-state index contributed by atoms with van der Waals surface area (Å²) >= 11 is 1.52. The smallest absolute Gasteiger partial charge is 0.226 e. The van der Waals surface area contributed by atoms with Crippen molar-refractivity contribution in [2.24, 2.45) is 11.8 Å². The van der Waals surface area contributed by atoms with Gasteiger partial charge in [-0.25, -0.2) is 9.37 Å². The molecule has 0 bridgehead atoms. The standard InChI is InChI=1S/C25H29FN4O2S/c26-20-6-4-19(5-7-20)24-22(14-28-30(24)15-18-2-1-3-18)25-29-21(16-33-25)12-23(31)27-13-17-8-10-32-11-9-17/h4-7,14,16-18H,1-3,8-13,15H2,(H,27,31). The summed E-state index contributed by atoms with van der Waals surface area (Å²) in [6, 6.07) is 6.56. The zero-order valence-corrected chi connectivity index (χ0v) is 19.5. The van der Waals surface area contributed by atoms with Crippen LogP contribution < -0.4 is 5.32 Å². The van der Waals surface area contributed by atoms with Crippen molar-refractivity contribution in [2.45, 2.75) is 45.1 Å². The molecule has 1 N–H and O–H groups in total. The van der Waals surface area contributed by atoms with Gasteiger partial charge in [-0.15, -0.1) is 11.3 Å². The molecule has 5 rings (SSSR count). The molecule has 2 aliphatic rings. The molecule has 2 fully saturated rings. The molecule has 0 radical (unpaired) electrons. The molecule has 0 atom stereocenters. The second kappa shape index (κ2) is 10.1. The first-order valence-electron chi connectivity index (χ1n) is 11.8. The minimum absolute atomic E-state index is 0.00206. The van der Waals surface area contributed by atoms with E-state index in [-0.39, 0.29) is 18.1 Å². The molecule has 0 spiro atoms. The Morgan fingerprint density at radius 3 is 2.67 bits per heavy atom. The summed E-state index contributed by atoms with van der Waals surface area (Å²) in [6.45, 7) is 3.11. The highest BCUT2D eigenvalue weighted by molar-refractivity contribution is 7.13. The monoisotopic (exact) mass is 468 g/mol. The van der Waals surface area contributed by atoms with Crippen molar-refractivity contribution >= 4 is 17.2 Å². The first-order chi connectivity index (χ1) is 16.2. The Morgan fingerprint density at radius 1 is 1.15 bits per heavy atom. The lowest BCUT2D eigenvalue weighted by Gasteiger charge is -2.26. The van der Waals surface area contributed by atoms with E-state index in [1.165, 1.54) is 42.7 Å². The number of nitrogens with one attached hydrogen (secondary N) is 1. The predicted octanol–water partition coefficient (Wildman–Crippen LogP) is 4.70. The largest absolute Gasteiger partial charge is 0.381 e. The van der Waals surface area contributed by atoms with Crippen LogP contribution in [0.3, 0.4) is 0 Å². The molecule has 8 heteroatoms. The number of carbonyl (C=O) groups excluding carboxylic acids is 1. The number of hydrogen-bond donors (Lipinski definition) is 1. The molecule has 1 aromatic carbocycles. The lowest BCUT2D eigenvalue weighted by Crippen LogP contribution is -2.33. The fourth-order valence-electron chi connectivity index (χ4n) is 4.46. The average molecular weight is 469 g/mol. The molecule has 1 saturated heterocycles. The van der Waals surface area contributed by atoms with Crippen molar-refractivity contribution in [3.8, 4) is 21.8 Å². The Labute approximate surface area is 197 Å². The second-order valence-electron chi connectivity index (χ2n) is 9.07. The summed E-state index contributed by atoms with van der Waals surface area (Å²) in [5.74, 6) is 0.878. The van der Waals surface area contributed by atoms with E-state index in [4.69, 9.17) is 9.72 Å². The summed E-state index contributed by atoms with van der Waals surface area (Å²) in [4.78, 5) is 17.2. The minimum Gasteiger partial charge on any atom is -0.381 e. The van der Waals surface area contributed by atoms with E-state index >= 15 is 0 Å². The van der Waals surface area contributed by atoms with Gasteiger partial charge in [-0.1, -0.05) is 6.42 Å². The number of rotatable bonds is 8. The zero-order chi connectivity index (χ0) is 22.6. The summed E-state index contributed by atoms with van der Waals surface area (Å²) in [6.07, 6.45) is 7.84. The summed E-state index contributed by atoms with van der Waals surface area (Å²) in [5.41, 5.74) is 3.58. The van der Waals surface area contributed by atoms with Crippen LogP contribution in [0.15, 0.2) is 35.8 Å². The Bertz CT molecular complexity index is 1080. The highest BCUT2D eigenvalue weighted by Crippen LogP contribution is 2.36. The first-order valence-corrected chi connectivity index (χ1v) is 12.6. The van der Waals surface area contributed by atoms with Gasteiger partial charge in [-0.05, 0) is 61.8 Å². The molecule has 6 nitrogen and oxygen atoms in total. The van der Waals surface area contributed by atoms with E-state index in [1.54, 1.807) is 12.1 Å². The van der Waals surface area contributed by atoms with Gasteiger partial charge in [0.15, 0.2) is 0 Å². The van der Waals surface area contributed by atoms with E-state index < -0.39 is 0 Å². The molecule has 1 saturated carbocycles. The molecular formula is C25H29FN4O2S. The van der Waals surface area contributed by atoms with Gasteiger partial charge >= 0.3 is 0 Å². The molecule has 1 aliphatic heterocycles. The molecule has 3 aromatic rings. The van der Waals surface area contributed by atoms with Crippen LogP contribution in [0.1, 0.15) is 37.8 Å². The van der Waals surface area contributed by atoms with E-state index in [1.807, 2.05) is 16.3 Å². The van der Waals surface area contributed by atoms with Gasteiger partial charge in [0.1, 0.15) is 10.8 Å². The third-order valence-corrected chi connectivity index (χ3v) is 7.59. The third-order valence-electron chi connectivity index (χ3n) is 6.67. The Morgan fingerprint density at radius 2 is 1.94 bits per heavy atom. The van der Waals surface area contributed by atoms with Crippen molar-refractivity contribution in [3.63, 3.8) is 0 Å². The fourth-order valence-corrected chi connectivity index (χ4v) is 5.29. The lowest BCUT2D eigenvalue weighted by atomic mass is 9.85. The van der Waals surface area contributed by atoms with Gasteiger partial charge in [0.25, 0.3) is 0 Å². The molecule has 174 valence electrons. The molecular weight excluding hydrogens is 439 g/mol. The molecule has 33 heavy (non-hydrogen) atoms. The first kappa shape index (κ1) is 22.2. The van der Waals surface area contributed by atoms with Crippen LogP contribution in [0.2, 0.25) is 0 Å². The Balaban J connectivity index is 1.31. The van der Waals surface area contributed by atoms with Gasteiger partial charge in [0.2, 0.25) is 5.91 Å². The number of hydrogen-bond acceptors (Lipinski definition) is 5. The summed E-state index contributed by atoms with van der Waals surface area (Å²) in [5, 5.41) is 10.5. The number of thiazole rings is 1. The maximum absolute atomic E-state index is 13.6. The van der Waals surface area contributed by atoms with Crippen molar-refractivity contribution in [2.75, 3.05) is 19.8 Å². The Hall–Kier alpha value is -2.58. The molecule has 1 aliphatic carbocycles. The van der Waals surface area contributed by atoms with Crippen LogP contribution in [0.5, 0.6) is 0 Å². The van der Waals surface area contributed by atoms with Crippen molar-refractivity contribution < 1.29 is 13.9 Å². The van der Waals surface area contributed by atoms with Crippen LogP contribution in [-0.4, -0.2) is 40.4 Å². The highest BCUT2D eigenvalue weighted by Gasteiger charge is 2.23. The van der Waals surface area contributed by atoms with Gasteiger partial charge in [0.05, 0.1) is 29.6 Å². The molecule has 3 heterocycles. The molecule has 0 unspecified atom stereocenters. The third kappa shape index (κ3) is 5.33. The van der Waals surface area contributed by atoms with E-state index in [0.29, 0.717) is 18.4 Å². The normalized spacial score (nSPS) is 17.1. The molecule has 2 aromatic heterocycles. The number of aromatic nitrogens is 3. The molecule has 1 amide bonds. The number of halogens is 1. The summed E-state index contributed by atoms with van der Waals surface area (Å²) < 4.78 is 21.0. The second-order valence-corrected chi connectivity index (χ2v) is 9.93. The van der Waals surface area contributed by atoms with Crippen LogP contribution in [0, 0.1) is 17.7 Å². The van der Waals surface area contributed by atoms with Gasteiger partial charge in [-0.2, -0.15) is 5.10 Å². The van der Waals surface area contributed by atoms with E-state index in [0.717, 1.165) is 60.1 Å². The zero-order valence-electron chi connectivity index (χ0n) is 18.6. The predicted molar refractivity (Wildman–Crippen MR) is 126 cm³/mol. The maximum Gasteiger partial charge on any atom is 0.226 e. The minimum atomic E-state index is -0.256. The fraction of sp³-hybridized carbons (Fsp3) is 0.480. The number of amides is 1.